The molecule has 0 heterocycles. The van der Waals surface area contributed by atoms with E-state index in [1.54, 1.807) is 25.1 Å². The first-order chi connectivity index (χ1) is 8.13. The van der Waals surface area contributed by atoms with Gasteiger partial charge in [-0.25, -0.2) is 0 Å². The molecule has 1 aromatic carbocycles. The van der Waals surface area contributed by atoms with E-state index in [2.05, 4.69) is 15.9 Å². The van der Waals surface area contributed by atoms with E-state index in [9.17, 15) is 9.90 Å². The third-order valence-corrected chi connectivity index (χ3v) is 3.37. The van der Waals surface area contributed by atoms with Crippen LogP contribution in [-0.4, -0.2) is 33.8 Å². The van der Waals surface area contributed by atoms with Gasteiger partial charge in [-0.1, -0.05) is 15.9 Å². The highest BCUT2D eigenvalue weighted by atomic mass is 79.9. The molecule has 1 saturated carbocycles. The lowest BCUT2D eigenvalue weighted by atomic mass is 10.1. The lowest BCUT2D eigenvalue weighted by Crippen LogP contribution is -2.34. The van der Waals surface area contributed by atoms with Crippen LogP contribution in [0.4, 0.5) is 0 Å². The standard InChI is InChI=1S/C13H16BrNO2/c1-9-8-10(2-5-12(9)16)13(17)15(7-6-14)11-3-4-11/h2,5,8,11,16H,3-4,6-7H2,1H3. The van der Waals surface area contributed by atoms with Crippen molar-refractivity contribution in [2.75, 3.05) is 11.9 Å². The highest BCUT2D eigenvalue weighted by Crippen LogP contribution is 2.29. The van der Waals surface area contributed by atoms with Crippen molar-refractivity contribution in [3.63, 3.8) is 0 Å². The number of hydrogen-bond donors (Lipinski definition) is 1. The summed E-state index contributed by atoms with van der Waals surface area (Å²) in [6, 6.07) is 5.44. The second-order valence-corrected chi connectivity index (χ2v) is 5.21. The molecule has 0 bridgehead atoms. The van der Waals surface area contributed by atoms with Crippen molar-refractivity contribution in [3.8, 4) is 5.75 Å². The molecule has 4 heteroatoms. The molecule has 0 saturated heterocycles. The lowest BCUT2D eigenvalue weighted by Gasteiger charge is -2.21. The molecule has 3 nitrogen and oxygen atoms in total. The number of phenols is 1. The minimum Gasteiger partial charge on any atom is -0.508 e. The quantitative estimate of drug-likeness (QED) is 0.868. The Labute approximate surface area is 110 Å². The van der Waals surface area contributed by atoms with Crippen LogP contribution in [0.3, 0.4) is 0 Å². The summed E-state index contributed by atoms with van der Waals surface area (Å²) in [5.41, 5.74) is 1.40. The first-order valence-corrected chi connectivity index (χ1v) is 6.92. The van der Waals surface area contributed by atoms with Gasteiger partial charge in [0, 0.05) is 23.5 Å². The van der Waals surface area contributed by atoms with Crippen molar-refractivity contribution in [2.45, 2.75) is 25.8 Å². The van der Waals surface area contributed by atoms with E-state index in [0.29, 0.717) is 11.6 Å². The van der Waals surface area contributed by atoms with E-state index >= 15 is 0 Å². The molecule has 1 aliphatic rings. The summed E-state index contributed by atoms with van der Waals surface area (Å²) < 4.78 is 0. The summed E-state index contributed by atoms with van der Waals surface area (Å²) in [7, 11) is 0. The van der Waals surface area contributed by atoms with Crippen LogP contribution in [-0.2, 0) is 0 Å². The Morgan fingerprint density at radius 2 is 2.24 bits per heavy atom. The number of amides is 1. The molecule has 17 heavy (non-hydrogen) atoms. The number of aryl methyl sites for hydroxylation is 1. The van der Waals surface area contributed by atoms with E-state index in [1.807, 2.05) is 4.90 Å². The summed E-state index contributed by atoms with van der Waals surface area (Å²) in [5, 5.41) is 10.3. The Morgan fingerprint density at radius 1 is 1.53 bits per heavy atom. The molecule has 0 aliphatic heterocycles. The highest BCUT2D eigenvalue weighted by molar-refractivity contribution is 9.09. The number of alkyl halides is 1. The van der Waals surface area contributed by atoms with E-state index in [1.165, 1.54) is 0 Å². The largest absolute Gasteiger partial charge is 0.508 e. The maximum absolute atomic E-state index is 12.3. The Kier molecular flexibility index (Phi) is 3.72. The molecular formula is C13H16BrNO2. The van der Waals surface area contributed by atoms with Gasteiger partial charge in [-0.05, 0) is 43.5 Å². The zero-order valence-corrected chi connectivity index (χ0v) is 11.4. The van der Waals surface area contributed by atoms with Gasteiger partial charge in [0.1, 0.15) is 5.75 Å². The monoisotopic (exact) mass is 297 g/mol. The average Bonchev–Trinajstić information content (AvgIpc) is 3.13. The van der Waals surface area contributed by atoms with Gasteiger partial charge in [0.15, 0.2) is 0 Å². The second-order valence-electron chi connectivity index (χ2n) is 4.42. The van der Waals surface area contributed by atoms with Crippen molar-refractivity contribution in [2.24, 2.45) is 0 Å². The van der Waals surface area contributed by atoms with Gasteiger partial charge in [0.25, 0.3) is 5.91 Å². The number of carbonyl (C=O) groups is 1. The molecular weight excluding hydrogens is 282 g/mol. The van der Waals surface area contributed by atoms with E-state index in [0.717, 1.165) is 30.3 Å². The number of hydrogen-bond acceptors (Lipinski definition) is 2. The number of phenolic OH excluding ortho intramolecular Hbond substituents is 1. The van der Waals surface area contributed by atoms with Crippen molar-refractivity contribution in [1.82, 2.24) is 4.90 Å². The van der Waals surface area contributed by atoms with Crippen LogP contribution in [0, 0.1) is 6.92 Å². The van der Waals surface area contributed by atoms with Gasteiger partial charge in [-0.2, -0.15) is 0 Å². The molecule has 0 spiro atoms. The number of rotatable bonds is 4. The summed E-state index contributed by atoms with van der Waals surface area (Å²) in [4.78, 5) is 14.2. The normalized spacial score (nSPS) is 14.7. The number of carbonyl (C=O) groups excluding carboxylic acids is 1. The maximum Gasteiger partial charge on any atom is 0.254 e. The van der Waals surface area contributed by atoms with Gasteiger partial charge >= 0.3 is 0 Å². The molecule has 0 aromatic heterocycles. The van der Waals surface area contributed by atoms with Crippen LogP contribution < -0.4 is 0 Å². The topological polar surface area (TPSA) is 40.5 Å². The zero-order valence-electron chi connectivity index (χ0n) is 9.82. The second kappa shape index (κ2) is 5.08. The van der Waals surface area contributed by atoms with Gasteiger partial charge in [0.2, 0.25) is 0 Å². The highest BCUT2D eigenvalue weighted by Gasteiger charge is 2.32. The molecule has 2 rings (SSSR count). The smallest absolute Gasteiger partial charge is 0.254 e. The van der Waals surface area contributed by atoms with Gasteiger partial charge in [-0.3, -0.25) is 4.79 Å². The summed E-state index contributed by atoms with van der Waals surface area (Å²) in [6.45, 7) is 2.54. The Hall–Kier alpha value is -1.03. The summed E-state index contributed by atoms with van der Waals surface area (Å²) in [5.74, 6) is 0.301. The summed E-state index contributed by atoms with van der Waals surface area (Å²) >= 11 is 3.38. The van der Waals surface area contributed by atoms with Gasteiger partial charge in [-0.15, -0.1) is 0 Å². The Bertz CT molecular complexity index is 429. The number of halogens is 1. The van der Waals surface area contributed by atoms with E-state index in [-0.39, 0.29) is 11.7 Å². The van der Waals surface area contributed by atoms with E-state index in [4.69, 9.17) is 0 Å². The first kappa shape index (κ1) is 12.4. The first-order valence-electron chi connectivity index (χ1n) is 5.80. The minimum atomic E-state index is 0.0649. The molecule has 1 aliphatic carbocycles. The Morgan fingerprint density at radius 3 is 2.76 bits per heavy atom. The zero-order chi connectivity index (χ0) is 12.4. The molecule has 92 valence electrons. The van der Waals surface area contributed by atoms with Crippen molar-refractivity contribution in [1.29, 1.82) is 0 Å². The maximum atomic E-state index is 12.3. The molecule has 0 radical (unpaired) electrons. The minimum absolute atomic E-state index is 0.0649. The fourth-order valence-electron chi connectivity index (χ4n) is 1.88. The fourth-order valence-corrected chi connectivity index (χ4v) is 2.26. The lowest BCUT2D eigenvalue weighted by molar-refractivity contribution is 0.0754. The third kappa shape index (κ3) is 2.80. The molecule has 0 atom stereocenters. The van der Waals surface area contributed by atoms with Crippen LogP contribution in [0.25, 0.3) is 0 Å². The average molecular weight is 298 g/mol. The third-order valence-electron chi connectivity index (χ3n) is 3.02. The van der Waals surface area contributed by atoms with Crippen molar-refractivity contribution >= 4 is 21.8 Å². The predicted molar refractivity (Wildman–Crippen MR) is 70.7 cm³/mol. The fraction of sp³-hybridized carbons (Fsp3) is 0.462. The van der Waals surface area contributed by atoms with Crippen LogP contribution in [0.1, 0.15) is 28.8 Å². The SMILES string of the molecule is Cc1cc(C(=O)N(CCBr)C2CC2)ccc1O. The van der Waals surface area contributed by atoms with Crippen molar-refractivity contribution in [3.05, 3.63) is 29.3 Å². The molecule has 1 fully saturated rings. The number of aromatic hydroxyl groups is 1. The van der Waals surface area contributed by atoms with E-state index < -0.39 is 0 Å². The molecule has 1 N–H and O–H groups in total. The van der Waals surface area contributed by atoms with Crippen molar-refractivity contribution < 1.29 is 9.90 Å². The number of nitrogens with zero attached hydrogens (tertiary/aromatic N) is 1. The molecule has 0 unspecified atom stereocenters. The van der Waals surface area contributed by atoms with Crippen LogP contribution in [0.15, 0.2) is 18.2 Å². The predicted octanol–water partition coefficient (Wildman–Crippen LogP) is 2.70. The van der Waals surface area contributed by atoms with Gasteiger partial charge in [0.05, 0.1) is 0 Å². The summed E-state index contributed by atoms with van der Waals surface area (Å²) in [6.07, 6.45) is 2.21. The van der Waals surface area contributed by atoms with Crippen LogP contribution in [0.2, 0.25) is 0 Å². The van der Waals surface area contributed by atoms with Gasteiger partial charge < -0.3 is 10.0 Å². The van der Waals surface area contributed by atoms with Crippen LogP contribution >= 0.6 is 15.9 Å². The van der Waals surface area contributed by atoms with Crippen LogP contribution in [0.5, 0.6) is 5.75 Å². The number of benzene rings is 1. The molecule has 1 amide bonds. The molecule has 1 aromatic rings. The Balaban J connectivity index is 2.19.